The number of nitro groups is 1. The third kappa shape index (κ3) is 2.48. The first kappa shape index (κ1) is 14.3. The van der Waals surface area contributed by atoms with Crippen molar-refractivity contribution in [3.63, 3.8) is 0 Å². The van der Waals surface area contributed by atoms with Gasteiger partial charge in [-0.3, -0.25) is 10.1 Å². The zero-order chi connectivity index (χ0) is 14.4. The lowest BCUT2D eigenvalue weighted by Gasteiger charge is -2.32. The molecule has 19 heavy (non-hydrogen) atoms. The van der Waals surface area contributed by atoms with Crippen LogP contribution < -0.4 is 5.46 Å². The summed E-state index contributed by atoms with van der Waals surface area (Å²) >= 11 is 5.91. The van der Waals surface area contributed by atoms with Gasteiger partial charge in [-0.05, 0) is 39.8 Å². The molecule has 2 rings (SSSR count). The Labute approximate surface area is 117 Å². The van der Waals surface area contributed by atoms with Crippen LogP contribution >= 0.6 is 11.6 Å². The number of rotatable bonds is 2. The first-order valence-corrected chi connectivity index (χ1v) is 6.31. The van der Waals surface area contributed by atoms with Crippen LogP contribution in [0.15, 0.2) is 18.2 Å². The van der Waals surface area contributed by atoms with E-state index in [0.29, 0.717) is 10.5 Å². The number of halogens is 1. The molecule has 0 spiro atoms. The largest absolute Gasteiger partial charge is 0.501 e. The lowest BCUT2D eigenvalue weighted by atomic mass is 9.78. The highest BCUT2D eigenvalue weighted by Gasteiger charge is 2.53. The summed E-state index contributed by atoms with van der Waals surface area (Å²) in [6.07, 6.45) is 0. The fourth-order valence-electron chi connectivity index (χ4n) is 1.85. The van der Waals surface area contributed by atoms with E-state index in [-0.39, 0.29) is 5.69 Å². The summed E-state index contributed by atoms with van der Waals surface area (Å²) in [5.74, 6) is 0. The van der Waals surface area contributed by atoms with Crippen LogP contribution in [-0.4, -0.2) is 23.2 Å². The van der Waals surface area contributed by atoms with E-state index in [1.165, 1.54) is 18.2 Å². The van der Waals surface area contributed by atoms with Crippen molar-refractivity contribution in [1.82, 2.24) is 0 Å². The highest BCUT2D eigenvalue weighted by molar-refractivity contribution is 6.64. The van der Waals surface area contributed by atoms with Crippen LogP contribution in [0.2, 0.25) is 5.02 Å². The predicted octanol–water partition coefficient (Wildman–Crippen LogP) is 2.55. The van der Waals surface area contributed by atoms with Crippen molar-refractivity contribution in [2.24, 2.45) is 0 Å². The predicted molar refractivity (Wildman–Crippen MR) is 73.8 cm³/mol. The Morgan fingerprint density at radius 3 is 2.21 bits per heavy atom. The molecule has 0 aromatic heterocycles. The lowest BCUT2D eigenvalue weighted by molar-refractivity contribution is -0.383. The number of nitro benzene ring substituents is 1. The normalized spacial score (nSPS) is 20.6. The monoisotopic (exact) mass is 283 g/mol. The van der Waals surface area contributed by atoms with Crippen molar-refractivity contribution in [3.05, 3.63) is 33.3 Å². The molecule has 0 unspecified atom stereocenters. The van der Waals surface area contributed by atoms with E-state index in [2.05, 4.69) is 0 Å². The van der Waals surface area contributed by atoms with E-state index in [9.17, 15) is 10.1 Å². The quantitative estimate of drug-likeness (QED) is 0.475. The van der Waals surface area contributed by atoms with E-state index in [1.54, 1.807) is 0 Å². The zero-order valence-corrected chi connectivity index (χ0v) is 12.0. The molecule has 0 atom stereocenters. The minimum atomic E-state index is -0.788. The second kappa shape index (κ2) is 4.47. The molecule has 102 valence electrons. The highest BCUT2D eigenvalue weighted by Crippen LogP contribution is 2.37. The summed E-state index contributed by atoms with van der Waals surface area (Å²) in [6.45, 7) is 7.57. The maximum Gasteiger partial charge on any atom is 0.501 e. The summed E-state index contributed by atoms with van der Waals surface area (Å²) in [5.41, 5.74) is -0.805. The molecule has 5 nitrogen and oxygen atoms in total. The first-order chi connectivity index (χ1) is 8.64. The van der Waals surface area contributed by atoms with Gasteiger partial charge in [-0.2, -0.15) is 0 Å². The third-order valence-corrected chi connectivity index (χ3v) is 3.93. The van der Waals surface area contributed by atoms with Crippen molar-refractivity contribution in [2.75, 3.05) is 0 Å². The summed E-state index contributed by atoms with van der Waals surface area (Å²) < 4.78 is 11.6. The highest BCUT2D eigenvalue weighted by atomic mass is 35.5. The molecule has 1 saturated heterocycles. The smallest absolute Gasteiger partial charge is 0.399 e. The lowest BCUT2D eigenvalue weighted by Crippen LogP contribution is -2.41. The van der Waals surface area contributed by atoms with E-state index in [4.69, 9.17) is 20.9 Å². The number of benzene rings is 1. The van der Waals surface area contributed by atoms with Gasteiger partial charge in [0.2, 0.25) is 0 Å². The minimum absolute atomic E-state index is 0.0529. The second-order valence-electron chi connectivity index (χ2n) is 5.55. The Balaban J connectivity index is 2.44. The Morgan fingerprint density at radius 2 is 1.74 bits per heavy atom. The molecular formula is C12H15BClNO4. The Morgan fingerprint density at radius 1 is 1.21 bits per heavy atom. The van der Waals surface area contributed by atoms with Crippen molar-refractivity contribution >= 4 is 29.9 Å². The fraction of sp³-hybridized carbons (Fsp3) is 0.500. The molecule has 0 radical (unpaired) electrons. The van der Waals surface area contributed by atoms with Gasteiger partial charge in [-0.15, -0.1) is 0 Å². The maximum atomic E-state index is 11.1. The van der Waals surface area contributed by atoms with Gasteiger partial charge >= 0.3 is 7.12 Å². The minimum Gasteiger partial charge on any atom is -0.399 e. The fourth-order valence-corrected chi connectivity index (χ4v) is 2.03. The van der Waals surface area contributed by atoms with Crippen LogP contribution in [0.3, 0.4) is 0 Å². The average molecular weight is 284 g/mol. The average Bonchev–Trinajstić information content (AvgIpc) is 2.47. The molecule has 1 aromatic rings. The Bertz CT molecular complexity index is 516. The van der Waals surface area contributed by atoms with Gasteiger partial charge in [-0.25, -0.2) is 0 Å². The second-order valence-corrected chi connectivity index (χ2v) is 5.98. The molecule has 0 bridgehead atoms. The van der Waals surface area contributed by atoms with Gasteiger partial charge < -0.3 is 9.31 Å². The molecule has 1 fully saturated rings. The third-order valence-electron chi connectivity index (χ3n) is 3.69. The molecule has 0 saturated carbocycles. The van der Waals surface area contributed by atoms with Crippen molar-refractivity contribution in [1.29, 1.82) is 0 Å². The summed E-state index contributed by atoms with van der Waals surface area (Å²) in [5, 5.41) is 11.5. The van der Waals surface area contributed by atoms with E-state index in [1.807, 2.05) is 27.7 Å². The summed E-state index contributed by atoms with van der Waals surface area (Å²) in [4.78, 5) is 10.6. The molecule has 1 aliphatic rings. The molecule has 7 heteroatoms. The van der Waals surface area contributed by atoms with Crippen molar-refractivity contribution in [3.8, 4) is 0 Å². The van der Waals surface area contributed by atoms with Crippen LogP contribution in [0, 0.1) is 10.1 Å². The summed E-state index contributed by atoms with van der Waals surface area (Å²) in [6, 6.07) is 4.36. The van der Waals surface area contributed by atoms with Crippen LogP contribution in [-0.2, 0) is 9.31 Å². The Kier molecular flexibility index (Phi) is 3.37. The molecule has 0 amide bonds. The van der Waals surface area contributed by atoms with Crippen LogP contribution in [0.5, 0.6) is 0 Å². The SMILES string of the molecule is CC1(C)OB(c2cc(Cl)ccc2[N+](=O)[O-])OC1(C)C. The molecule has 1 aliphatic heterocycles. The number of nitrogens with zero attached hydrogens (tertiary/aromatic N) is 1. The Hall–Kier alpha value is -1.11. The molecular weight excluding hydrogens is 268 g/mol. The molecule has 1 heterocycles. The van der Waals surface area contributed by atoms with Gasteiger partial charge in [0.25, 0.3) is 5.69 Å². The van der Waals surface area contributed by atoms with Gasteiger partial charge in [0.15, 0.2) is 0 Å². The van der Waals surface area contributed by atoms with E-state index >= 15 is 0 Å². The van der Waals surface area contributed by atoms with Crippen molar-refractivity contribution in [2.45, 2.75) is 38.9 Å². The topological polar surface area (TPSA) is 61.6 Å². The first-order valence-electron chi connectivity index (χ1n) is 5.93. The van der Waals surface area contributed by atoms with Crippen LogP contribution in [0.4, 0.5) is 5.69 Å². The van der Waals surface area contributed by atoms with Gasteiger partial charge in [0.05, 0.1) is 21.6 Å². The van der Waals surface area contributed by atoms with Crippen LogP contribution in [0.1, 0.15) is 27.7 Å². The zero-order valence-electron chi connectivity index (χ0n) is 11.3. The molecule has 0 aliphatic carbocycles. The standard InChI is InChI=1S/C12H15BClNO4/c1-11(2)12(3,4)19-13(18-11)9-7-8(14)5-6-10(9)15(16)17/h5-7H,1-4H3. The van der Waals surface area contributed by atoms with E-state index in [0.717, 1.165) is 0 Å². The van der Waals surface area contributed by atoms with E-state index < -0.39 is 23.2 Å². The van der Waals surface area contributed by atoms with Gasteiger partial charge in [-0.1, -0.05) is 11.6 Å². The van der Waals surface area contributed by atoms with Gasteiger partial charge in [0, 0.05) is 11.1 Å². The van der Waals surface area contributed by atoms with Crippen molar-refractivity contribution < 1.29 is 14.2 Å². The number of hydrogen-bond donors (Lipinski definition) is 0. The molecule has 1 aromatic carbocycles. The molecule has 0 N–H and O–H groups in total. The number of hydrogen-bond acceptors (Lipinski definition) is 4. The van der Waals surface area contributed by atoms with Gasteiger partial charge in [0.1, 0.15) is 0 Å². The maximum absolute atomic E-state index is 11.1. The van der Waals surface area contributed by atoms with Crippen LogP contribution in [0.25, 0.3) is 0 Å². The summed E-state index contributed by atoms with van der Waals surface area (Å²) in [7, 11) is -0.788.